The lowest BCUT2D eigenvalue weighted by atomic mass is 10.00. The number of hydrogen-bond acceptors (Lipinski definition) is 5. The van der Waals surface area contributed by atoms with Crippen molar-refractivity contribution in [2.75, 3.05) is 20.1 Å². The van der Waals surface area contributed by atoms with E-state index in [0.717, 1.165) is 25.2 Å². The van der Waals surface area contributed by atoms with Crippen molar-refractivity contribution in [2.24, 2.45) is 5.92 Å². The number of rotatable bonds is 5. The quantitative estimate of drug-likeness (QED) is 0.889. The number of piperidine rings is 1. The monoisotopic (exact) mass is 314 g/mol. The van der Waals surface area contributed by atoms with Gasteiger partial charge < -0.3 is 10.2 Å². The standard InChI is InChI=1S/C16H22N6O/c1-21(10-13-4-2-6-17-8-13)16(23)15-12-22(20-19-15)11-14-5-3-7-18-9-14/h2,4,6,8,12,14,18H,3,5,7,9-11H2,1H3/t14-/m1/s1. The van der Waals surface area contributed by atoms with Gasteiger partial charge in [-0.3, -0.25) is 14.5 Å². The van der Waals surface area contributed by atoms with Crippen LogP contribution >= 0.6 is 0 Å². The van der Waals surface area contributed by atoms with Gasteiger partial charge in [-0.1, -0.05) is 11.3 Å². The zero-order valence-corrected chi connectivity index (χ0v) is 13.4. The van der Waals surface area contributed by atoms with E-state index >= 15 is 0 Å². The van der Waals surface area contributed by atoms with Crippen LogP contribution in [0.5, 0.6) is 0 Å². The number of aromatic nitrogens is 4. The summed E-state index contributed by atoms with van der Waals surface area (Å²) in [5.74, 6) is 0.434. The van der Waals surface area contributed by atoms with E-state index < -0.39 is 0 Å². The van der Waals surface area contributed by atoms with Gasteiger partial charge in [0.05, 0.1) is 6.20 Å². The number of pyridine rings is 1. The number of nitrogens with one attached hydrogen (secondary N) is 1. The first kappa shape index (κ1) is 15.6. The predicted octanol–water partition coefficient (Wildman–Crippen LogP) is 0.945. The predicted molar refractivity (Wildman–Crippen MR) is 85.7 cm³/mol. The number of carbonyl (C=O) groups excluding carboxylic acids is 1. The van der Waals surface area contributed by atoms with E-state index in [1.807, 2.05) is 12.1 Å². The van der Waals surface area contributed by atoms with Crippen LogP contribution in [-0.2, 0) is 13.1 Å². The van der Waals surface area contributed by atoms with Gasteiger partial charge in [-0.2, -0.15) is 0 Å². The smallest absolute Gasteiger partial charge is 0.276 e. The van der Waals surface area contributed by atoms with E-state index in [0.29, 0.717) is 18.2 Å². The van der Waals surface area contributed by atoms with Gasteiger partial charge >= 0.3 is 0 Å². The third-order valence-electron chi connectivity index (χ3n) is 4.09. The highest BCUT2D eigenvalue weighted by molar-refractivity contribution is 5.91. The van der Waals surface area contributed by atoms with Crippen molar-refractivity contribution in [1.82, 2.24) is 30.2 Å². The van der Waals surface area contributed by atoms with Crippen LogP contribution in [0.4, 0.5) is 0 Å². The van der Waals surface area contributed by atoms with Crippen molar-refractivity contribution in [3.05, 3.63) is 42.0 Å². The third-order valence-corrected chi connectivity index (χ3v) is 4.09. The van der Waals surface area contributed by atoms with Crippen molar-refractivity contribution < 1.29 is 4.79 Å². The molecule has 1 aliphatic heterocycles. The highest BCUT2D eigenvalue weighted by Crippen LogP contribution is 2.12. The van der Waals surface area contributed by atoms with Crippen LogP contribution < -0.4 is 5.32 Å². The van der Waals surface area contributed by atoms with Gasteiger partial charge in [0.2, 0.25) is 0 Å². The van der Waals surface area contributed by atoms with E-state index in [2.05, 4.69) is 20.6 Å². The number of hydrogen-bond donors (Lipinski definition) is 1. The second-order valence-corrected chi connectivity index (χ2v) is 6.06. The zero-order valence-electron chi connectivity index (χ0n) is 13.4. The number of amides is 1. The molecule has 0 radical (unpaired) electrons. The van der Waals surface area contributed by atoms with Gasteiger partial charge in [0.1, 0.15) is 0 Å². The maximum atomic E-state index is 12.4. The maximum Gasteiger partial charge on any atom is 0.276 e. The summed E-state index contributed by atoms with van der Waals surface area (Å²) in [5.41, 5.74) is 1.38. The summed E-state index contributed by atoms with van der Waals surface area (Å²) in [4.78, 5) is 18.1. The van der Waals surface area contributed by atoms with Crippen LogP contribution in [0.2, 0.25) is 0 Å². The largest absolute Gasteiger partial charge is 0.336 e. The Hall–Kier alpha value is -2.28. The Bertz CT molecular complexity index is 635. The Balaban J connectivity index is 1.59. The van der Waals surface area contributed by atoms with Crippen molar-refractivity contribution in [3.8, 4) is 0 Å². The van der Waals surface area contributed by atoms with Crippen LogP contribution in [0.3, 0.4) is 0 Å². The first-order valence-electron chi connectivity index (χ1n) is 7.97. The first-order chi connectivity index (χ1) is 11.2. The summed E-state index contributed by atoms with van der Waals surface area (Å²) in [5, 5.41) is 11.5. The van der Waals surface area contributed by atoms with Gasteiger partial charge in [-0.05, 0) is 43.5 Å². The normalized spacial score (nSPS) is 17.9. The highest BCUT2D eigenvalue weighted by atomic mass is 16.2. The molecule has 23 heavy (non-hydrogen) atoms. The molecule has 1 aliphatic rings. The van der Waals surface area contributed by atoms with Crippen molar-refractivity contribution >= 4 is 5.91 Å². The lowest BCUT2D eigenvalue weighted by Gasteiger charge is -2.22. The molecule has 3 rings (SSSR count). The molecule has 0 saturated carbocycles. The van der Waals surface area contributed by atoms with E-state index in [1.165, 1.54) is 12.8 Å². The molecule has 1 saturated heterocycles. The SMILES string of the molecule is CN(Cc1cccnc1)C(=O)c1cn(C[C@@H]2CCCNC2)nn1. The molecule has 0 aromatic carbocycles. The fourth-order valence-electron chi connectivity index (χ4n) is 2.86. The molecule has 1 atom stereocenters. The van der Waals surface area contributed by atoms with Crippen LogP contribution in [0.15, 0.2) is 30.7 Å². The summed E-state index contributed by atoms with van der Waals surface area (Å²) in [6, 6.07) is 3.81. The highest BCUT2D eigenvalue weighted by Gasteiger charge is 2.18. The fourth-order valence-corrected chi connectivity index (χ4v) is 2.86. The maximum absolute atomic E-state index is 12.4. The molecule has 1 N–H and O–H groups in total. The van der Waals surface area contributed by atoms with Gasteiger partial charge in [0.25, 0.3) is 5.91 Å². The lowest BCUT2D eigenvalue weighted by Crippen LogP contribution is -2.32. The Labute approximate surface area is 135 Å². The van der Waals surface area contributed by atoms with Crippen LogP contribution in [0.1, 0.15) is 28.9 Å². The molecule has 2 aromatic heterocycles. The van der Waals surface area contributed by atoms with Crippen molar-refractivity contribution in [3.63, 3.8) is 0 Å². The zero-order chi connectivity index (χ0) is 16.1. The molecular formula is C16H22N6O. The third kappa shape index (κ3) is 4.13. The van der Waals surface area contributed by atoms with Gasteiger partial charge in [-0.25, -0.2) is 0 Å². The van der Waals surface area contributed by atoms with Crippen molar-refractivity contribution in [1.29, 1.82) is 0 Å². The number of carbonyl (C=O) groups is 1. The fraction of sp³-hybridized carbons (Fsp3) is 0.500. The topological polar surface area (TPSA) is 75.9 Å². The summed E-state index contributed by atoms with van der Waals surface area (Å²) < 4.78 is 1.78. The lowest BCUT2D eigenvalue weighted by molar-refractivity contribution is 0.0779. The Morgan fingerprint density at radius 1 is 1.52 bits per heavy atom. The van der Waals surface area contributed by atoms with Gasteiger partial charge in [-0.15, -0.1) is 5.10 Å². The first-order valence-corrected chi connectivity index (χ1v) is 7.97. The number of nitrogens with zero attached hydrogens (tertiary/aromatic N) is 5. The van der Waals surface area contributed by atoms with E-state index in [4.69, 9.17) is 0 Å². The molecule has 0 bridgehead atoms. The molecule has 1 fully saturated rings. The van der Waals surface area contributed by atoms with Crippen LogP contribution in [-0.4, -0.2) is 50.9 Å². The van der Waals surface area contributed by atoms with E-state index in [-0.39, 0.29) is 5.91 Å². The van der Waals surface area contributed by atoms with E-state index in [1.54, 1.807) is 35.2 Å². The molecule has 7 nitrogen and oxygen atoms in total. The molecule has 0 unspecified atom stereocenters. The molecule has 0 spiro atoms. The average Bonchev–Trinajstić information content (AvgIpc) is 3.04. The summed E-state index contributed by atoms with van der Waals surface area (Å²) >= 11 is 0. The summed E-state index contributed by atoms with van der Waals surface area (Å²) in [6.07, 6.45) is 7.61. The second kappa shape index (κ2) is 7.32. The Morgan fingerprint density at radius 2 is 2.43 bits per heavy atom. The minimum atomic E-state index is -0.123. The summed E-state index contributed by atoms with van der Waals surface area (Å²) in [7, 11) is 1.76. The van der Waals surface area contributed by atoms with Crippen LogP contribution in [0.25, 0.3) is 0 Å². The molecule has 0 aliphatic carbocycles. The van der Waals surface area contributed by atoms with Gasteiger partial charge in [0, 0.05) is 32.5 Å². The average molecular weight is 314 g/mol. The van der Waals surface area contributed by atoms with E-state index in [9.17, 15) is 4.79 Å². The van der Waals surface area contributed by atoms with Crippen LogP contribution in [0, 0.1) is 5.92 Å². The molecule has 2 aromatic rings. The Kier molecular flexibility index (Phi) is 4.97. The molecule has 122 valence electrons. The molecule has 7 heteroatoms. The summed E-state index contributed by atoms with van der Waals surface area (Å²) in [6.45, 7) is 3.41. The second-order valence-electron chi connectivity index (χ2n) is 6.06. The molecule has 3 heterocycles. The minimum Gasteiger partial charge on any atom is -0.336 e. The minimum absolute atomic E-state index is 0.123. The van der Waals surface area contributed by atoms with Gasteiger partial charge in [0.15, 0.2) is 5.69 Å². The molecule has 1 amide bonds. The van der Waals surface area contributed by atoms with Crippen molar-refractivity contribution in [2.45, 2.75) is 25.9 Å². The molecular weight excluding hydrogens is 292 g/mol. The Morgan fingerprint density at radius 3 is 3.17 bits per heavy atom.